The molecule has 0 atom stereocenters. The number of fused-ring (bicyclic) bond motifs is 1. The van der Waals surface area contributed by atoms with E-state index in [-0.39, 0.29) is 36.5 Å². The number of ketones is 1. The van der Waals surface area contributed by atoms with Crippen molar-refractivity contribution in [3.63, 3.8) is 0 Å². The van der Waals surface area contributed by atoms with Crippen LogP contribution in [0.5, 0.6) is 0 Å². The lowest BCUT2D eigenvalue weighted by molar-refractivity contribution is -0.118. The van der Waals surface area contributed by atoms with Crippen LogP contribution in [0.15, 0.2) is 60.7 Å². The minimum atomic E-state index is -0.508. The number of nitrogens with zero attached hydrogens (tertiary/aromatic N) is 5. The first kappa shape index (κ1) is 28.3. The van der Waals surface area contributed by atoms with Gasteiger partial charge in [-0.05, 0) is 50.6 Å². The zero-order chi connectivity index (χ0) is 29.3. The molecule has 0 fully saturated rings. The zero-order valence-electron chi connectivity index (χ0n) is 23.1. The maximum absolute atomic E-state index is 13.7. The van der Waals surface area contributed by atoms with Crippen molar-refractivity contribution in [2.24, 2.45) is 0 Å². The first-order valence-electron chi connectivity index (χ1n) is 13.1. The molecule has 1 amide bonds. The van der Waals surface area contributed by atoms with Crippen molar-refractivity contribution in [1.29, 1.82) is 0 Å². The maximum Gasteiger partial charge on any atom is 0.354 e. The molecule has 0 aliphatic heterocycles. The van der Waals surface area contributed by atoms with E-state index in [4.69, 9.17) is 16.3 Å². The van der Waals surface area contributed by atoms with Crippen molar-refractivity contribution >= 4 is 57.4 Å². The summed E-state index contributed by atoms with van der Waals surface area (Å²) in [4.78, 5) is 42.5. The number of anilines is 1. The van der Waals surface area contributed by atoms with Crippen molar-refractivity contribution in [2.45, 2.75) is 33.7 Å². The summed E-state index contributed by atoms with van der Waals surface area (Å²) in [7, 11) is 1.60. The van der Waals surface area contributed by atoms with Crippen LogP contribution >= 0.6 is 22.9 Å². The quantitative estimate of drug-likeness (QED) is 0.157. The number of para-hydroxylation sites is 1. The van der Waals surface area contributed by atoms with E-state index >= 15 is 0 Å². The van der Waals surface area contributed by atoms with Crippen LogP contribution in [0, 0.1) is 6.92 Å². The normalized spacial score (nSPS) is 11.1. The van der Waals surface area contributed by atoms with Gasteiger partial charge < -0.3 is 9.30 Å². The van der Waals surface area contributed by atoms with Crippen LogP contribution in [0.25, 0.3) is 15.9 Å². The Hall–Kier alpha value is -4.28. The number of hydrogen-bond acceptors (Lipinski definition) is 7. The van der Waals surface area contributed by atoms with E-state index in [1.165, 1.54) is 16.2 Å². The Morgan fingerprint density at radius 1 is 1.00 bits per heavy atom. The molecule has 0 bridgehead atoms. The summed E-state index contributed by atoms with van der Waals surface area (Å²) in [6.07, 6.45) is 0.718. The largest absolute Gasteiger partial charge is 0.461 e. The number of aromatic nitrogens is 4. The maximum atomic E-state index is 13.7. The van der Waals surface area contributed by atoms with Crippen LogP contribution in [0.1, 0.15) is 51.0 Å². The van der Waals surface area contributed by atoms with Crippen molar-refractivity contribution in [3.05, 3.63) is 93.2 Å². The van der Waals surface area contributed by atoms with Crippen molar-refractivity contribution in [2.75, 3.05) is 18.6 Å². The molecule has 11 heteroatoms. The Kier molecular flexibility index (Phi) is 8.05. The van der Waals surface area contributed by atoms with Gasteiger partial charge in [-0.1, -0.05) is 48.9 Å². The van der Waals surface area contributed by atoms with Gasteiger partial charge in [0.25, 0.3) is 0 Å². The van der Waals surface area contributed by atoms with Crippen LogP contribution in [0.3, 0.4) is 0 Å². The number of esters is 1. The molecule has 2 aromatic carbocycles. The number of rotatable bonds is 9. The van der Waals surface area contributed by atoms with Gasteiger partial charge in [0.15, 0.2) is 5.78 Å². The molecule has 0 aliphatic carbocycles. The Morgan fingerprint density at radius 3 is 2.46 bits per heavy atom. The highest BCUT2D eigenvalue weighted by molar-refractivity contribution is 7.15. The molecule has 5 aromatic rings. The van der Waals surface area contributed by atoms with E-state index in [0.29, 0.717) is 27.0 Å². The molecule has 0 saturated carbocycles. The van der Waals surface area contributed by atoms with E-state index in [9.17, 15) is 14.4 Å². The minimum absolute atomic E-state index is 0.139. The number of carbonyl (C=O) groups excluding carboxylic acids is 3. The van der Waals surface area contributed by atoms with Gasteiger partial charge in [-0.15, -0.1) is 21.5 Å². The summed E-state index contributed by atoms with van der Waals surface area (Å²) in [6, 6.07) is 17.9. The highest BCUT2D eigenvalue weighted by atomic mass is 35.5. The van der Waals surface area contributed by atoms with E-state index in [0.717, 1.165) is 22.2 Å². The lowest BCUT2D eigenvalue weighted by atomic mass is 10.0. The second-order valence-electron chi connectivity index (χ2n) is 9.32. The Labute approximate surface area is 245 Å². The molecule has 3 aromatic heterocycles. The molecular formula is C30H28ClN5O4S. The summed E-state index contributed by atoms with van der Waals surface area (Å²) < 4.78 is 8.61. The topological polar surface area (TPSA) is 99.3 Å². The molecule has 5 rings (SSSR count). The number of halogens is 1. The number of hydrogen-bond donors (Lipinski definition) is 0. The first-order chi connectivity index (χ1) is 19.7. The van der Waals surface area contributed by atoms with E-state index in [1.54, 1.807) is 60.4 Å². The van der Waals surface area contributed by atoms with Gasteiger partial charge >= 0.3 is 5.97 Å². The Morgan fingerprint density at radius 2 is 1.73 bits per heavy atom. The van der Waals surface area contributed by atoms with Crippen LogP contribution in [-0.4, -0.2) is 50.6 Å². The van der Waals surface area contributed by atoms with Crippen LogP contribution in [0.4, 0.5) is 5.95 Å². The molecule has 3 heterocycles. The Balaban J connectivity index is 1.54. The lowest BCUT2D eigenvalue weighted by Gasteiger charge is -2.19. The first-order valence-corrected chi connectivity index (χ1v) is 14.3. The molecule has 0 aliphatic rings. The molecule has 0 unspecified atom stereocenters. The van der Waals surface area contributed by atoms with Crippen LogP contribution in [-0.2, 0) is 22.5 Å². The zero-order valence-corrected chi connectivity index (χ0v) is 24.6. The van der Waals surface area contributed by atoms with Gasteiger partial charge in [0.1, 0.15) is 23.1 Å². The summed E-state index contributed by atoms with van der Waals surface area (Å²) in [5, 5.41) is 10.3. The third-order valence-corrected chi connectivity index (χ3v) is 8.34. The molecule has 0 saturated heterocycles. The predicted molar refractivity (Wildman–Crippen MR) is 160 cm³/mol. The minimum Gasteiger partial charge on any atom is -0.461 e. The fraction of sp³-hybridized carbons (Fsp3) is 0.233. The number of amides is 1. The van der Waals surface area contributed by atoms with E-state index in [2.05, 4.69) is 10.2 Å². The molecule has 210 valence electrons. The fourth-order valence-corrected chi connectivity index (χ4v) is 6.00. The summed E-state index contributed by atoms with van der Waals surface area (Å²) >= 11 is 7.81. The average molecular weight is 590 g/mol. The standard InChI is InChI=1S/C30H28ClN5O4S/c1-5-20-16-22(27(38)21-12-8-9-13-23(21)31)28(41-20)36-18(3)32-33-30(36)34(4)26(37)17-35-24-14-10-7-11-19(24)15-25(35)29(39)40-6-2/h7-16H,5-6,17H2,1-4H3. The van der Waals surface area contributed by atoms with Gasteiger partial charge in [0.2, 0.25) is 11.9 Å². The predicted octanol–water partition coefficient (Wildman–Crippen LogP) is 5.88. The second kappa shape index (κ2) is 11.7. The third-order valence-electron chi connectivity index (χ3n) is 6.75. The summed E-state index contributed by atoms with van der Waals surface area (Å²) in [6.45, 7) is 5.59. The van der Waals surface area contributed by atoms with Gasteiger partial charge in [-0.2, -0.15) is 0 Å². The van der Waals surface area contributed by atoms with E-state index in [1.807, 2.05) is 37.3 Å². The molecule has 0 radical (unpaired) electrons. The van der Waals surface area contributed by atoms with Gasteiger partial charge in [0, 0.05) is 28.4 Å². The van der Waals surface area contributed by atoms with Gasteiger partial charge in [-0.25, -0.2) is 4.79 Å². The number of aryl methyl sites for hydroxylation is 2. The Bertz CT molecular complexity index is 1790. The van der Waals surface area contributed by atoms with Crippen LogP contribution < -0.4 is 4.90 Å². The highest BCUT2D eigenvalue weighted by Crippen LogP contribution is 2.34. The lowest BCUT2D eigenvalue weighted by Crippen LogP contribution is -2.33. The monoisotopic (exact) mass is 589 g/mol. The van der Waals surface area contributed by atoms with Crippen LogP contribution in [0.2, 0.25) is 5.02 Å². The van der Waals surface area contributed by atoms with Crippen molar-refractivity contribution in [1.82, 2.24) is 19.3 Å². The van der Waals surface area contributed by atoms with E-state index < -0.39 is 5.97 Å². The smallest absolute Gasteiger partial charge is 0.354 e. The number of likely N-dealkylation sites (N-methyl/N-ethyl adjacent to an activating group) is 1. The fourth-order valence-electron chi connectivity index (χ4n) is 4.64. The number of thiophene rings is 1. The van der Waals surface area contributed by atoms with Crippen molar-refractivity contribution in [3.8, 4) is 5.00 Å². The van der Waals surface area contributed by atoms with Gasteiger partial charge in [0.05, 0.1) is 17.2 Å². The second-order valence-corrected chi connectivity index (χ2v) is 10.8. The molecule has 41 heavy (non-hydrogen) atoms. The summed E-state index contributed by atoms with van der Waals surface area (Å²) in [5.74, 6) is -0.314. The summed E-state index contributed by atoms with van der Waals surface area (Å²) in [5.41, 5.74) is 1.85. The SMILES string of the molecule is CCOC(=O)c1cc2ccccc2n1CC(=O)N(C)c1nnc(C)n1-c1sc(CC)cc1C(=O)c1ccccc1Cl. The van der Waals surface area contributed by atoms with Gasteiger partial charge in [-0.3, -0.25) is 19.1 Å². The average Bonchev–Trinajstić information content (AvgIpc) is 3.67. The molecule has 9 nitrogen and oxygen atoms in total. The van der Waals surface area contributed by atoms with Crippen molar-refractivity contribution < 1.29 is 19.1 Å². The number of benzene rings is 2. The third kappa shape index (κ3) is 5.28. The number of carbonyl (C=O) groups is 3. The number of ether oxygens (including phenoxy) is 1. The molecule has 0 spiro atoms. The highest BCUT2D eigenvalue weighted by Gasteiger charge is 2.28. The molecular weight excluding hydrogens is 562 g/mol. The molecule has 0 N–H and O–H groups in total.